The van der Waals surface area contributed by atoms with Crippen LogP contribution in [0.2, 0.25) is 10.0 Å². The molecule has 5 nitrogen and oxygen atoms in total. The first kappa shape index (κ1) is 24.9. The van der Waals surface area contributed by atoms with E-state index in [9.17, 15) is 14.9 Å². The predicted molar refractivity (Wildman–Crippen MR) is 143 cm³/mol. The molecular formula is C27H21Cl2N3O2S. The van der Waals surface area contributed by atoms with Crippen LogP contribution in [-0.2, 0) is 16.0 Å². The summed E-state index contributed by atoms with van der Waals surface area (Å²) in [6.45, 7) is 3.80. The van der Waals surface area contributed by atoms with Crippen molar-refractivity contribution in [3.05, 3.63) is 104 Å². The molecule has 1 N–H and O–H groups in total. The van der Waals surface area contributed by atoms with Crippen LogP contribution in [0, 0.1) is 25.2 Å². The van der Waals surface area contributed by atoms with Crippen molar-refractivity contribution in [2.24, 2.45) is 0 Å². The molecule has 1 fully saturated rings. The van der Waals surface area contributed by atoms with Gasteiger partial charge in [0, 0.05) is 21.4 Å². The normalized spacial score (nSPS) is 16.7. The Morgan fingerprint density at radius 3 is 2.54 bits per heavy atom. The molecule has 2 amide bonds. The number of benzene rings is 3. The van der Waals surface area contributed by atoms with Crippen LogP contribution in [0.15, 0.2) is 77.3 Å². The summed E-state index contributed by atoms with van der Waals surface area (Å²) >= 11 is 13.7. The molecule has 176 valence electrons. The largest absolute Gasteiger partial charge is 0.321 e. The number of para-hydroxylation sites is 1. The van der Waals surface area contributed by atoms with Crippen molar-refractivity contribution in [1.29, 1.82) is 5.26 Å². The van der Waals surface area contributed by atoms with Gasteiger partial charge in [-0.2, -0.15) is 5.26 Å². The van der Waals surface area contributed by atoms with Gasteiger partial charge in [-0.1, -0.05) is 65.3 Å². The molecule has 3 aromatic rings. The molecule has 1 atom stereocenters. The number of rotatable bonds is 5. The molecule has 3 aromatic carbocycles. The van der Waals surface area contributed by atoms with Gasteiger partial charge in [-0.15, -0.1) is 0 Å². The minimum Gasteiger partial charge on any atom is -0.321 e. The van der Waals surface area contributed by atoms with Gasteiger partial charge >= 0.3 is 0 Å². The quantitative estimate of drug-likeness (QED) is 0.300. The smallest absolute Gasteiger partial charge is 0.269 e. The predicted octanol–water partition coefficient (Wildman–Crippen LogP) is 6.68. The van der Waals surface area contributed by atoms with E-state index in [2.05, 4.69) is 5.32 Å². The third-order valence-corrected chi connectivity index (χ3v) is 7.44. The molecule has 0 saturated carbocycles. The highest BCUT2D eigenvalue weighted by atomic mass is 35.5. The maximum atomic E-state index is 13.6. The van der Waals surface area contributed by atoms with E-state index in [1.54, 1.807) is 42.5 Å². The SMILES string of the molecule is Cc1ccc(C)c(NC(=O)/C(C#N)=C2/S[C@@H](Cc3cc(Cl)ccc3Cl)C(=O)N2c2ccccc2)c1. The van der Waals surface area contributed by atoms with Crippen molar-refractivity contribution in [2.75, 3.05) is 10.2 Å². The van der Waals surface area contributed by atoms with Gasteiger partial charge in [0.15, 0.2) is 0 Å². The molecule has 4 rings (SSSR count). The van der Waals surface area contributed by atoms with Crippen LogP contribution >= 0.6 is 35.0 Å². The van der Waals surface area contributed by atoms with Crippen LogP contribution in [0.5, 0.6) is 0 Å². The van der Waals surface area contributed by atoms with Crippen molar-refractivity contribution in [3.63, 3.8) is 0 Å². The van der Waals surface area contributed by atoms with E-state index in [-0.39, 0.29) is 16.5 Å². The Hall–Kier alpha value is -3.24. The van der Waals surface area contributed by atoms with Gasteiger partial charge in [-0.25, -0.2) is 0 Å². The highest BCUT2D eigenvalue weighted by Gasteiger charge is 2.41. The molecule has 0 aliphatic carbocycles. The van der Waals surface area contributed by atoms with Crippen LogP contribution in [0.3, 0.4) is 0 Å². The Labute approximate surface area is 218 Å². The Bertz CT molecular complexity index is 1380. The Morgan fingerprint density at radius 1 is 1.09 bits per heavy atom. The summed E-state index contributed by atoms with van der Waals surface area (Å²) in [5, 5.41) is 13.6. The van der Waals surface area contributed by atoms with Crippen LogP contribution in [0.25, 0.3) is 0 Å². The van der Waals surface area contributed by atoms with Crippen molar-refractivity contribution in [2.45, 2.75) is 25.5 Å². The summed E-state index contributed by atoms with van der Waals surface area (Å²) in [6, 6.07) is 21.8. The highest BCUT2D eigenvalue weighted by Crippen LogP contribution is 2.42. The molecule has 0 unspecified atom stereocenters. The Morgan fingerprint density at radius 2 is 1.83 bits per heavy atom. The van der Waals surface area contributed by atoms with Gasteiger partial charge in [0.2, 0.25) is 5.91 Å². The third kappa shape index (κ3) is 5.38. The minimum absolute atomic E-state index is 0.132. The topological polar surface area (TPSA) is 73.2 Å². The number of nitrogens with zero attached hydrogens (tertiary/aromatic N) is 2. The molecule has 8 heteroatoms. The zero-order valence-corrected chi connectivity index (χ0v) is 21.3. The summed E-state index contributed by atoms with van der Waals surface area (Å²) in [4.78, 5) is 28.3. The van der Waals surface area contributed by atoms with E-state index >= 15 is 0 Å². The average molecular weight is 522 g/mol. The molecule has 0 bridgehead atoms. The fraction of sp³-hybridized carbons (Fsp3) is 0.148. The van der Waals surface area contributed by atoms with E-state index in [1.165, 1.54) is 16.7 Å². The molecule has 1 heterocycles. The number of carbonyl (C=O) groups is 2. The fourth-order valence-corrected chi connectivity index (χ4v) is 5.44. The molecular weight excluding hydrogens is 501 g/mol. The average Bonchev–Trinajstić information content (AvgIpc) is 3.15. The number of nitriles is 1. The molecule has 1 aliphatic rings. The number of halogens is 2. The zero-order chi connectivity index (χ0) is 25.1. The summed E-state index contributed by atoms with van der Waals surface area (Å²) in [5.41, 5.74) is 3.63. The van der Waals surface area contributed by atoms with Crippen molar-refractivity contribution < 1.29 is 9.59 Å². The standard InChI is InChI=1S/C27H21Cl2N3O2S/c1-16-8-9-17(2)23(12-16)31-25(33)21(15-30)27-32(20-6-4-3-5-7-20)26(34)24(35-27)14-18-13-19(28)10-11-22(18)29/h3-13,24H,14H2,1-2H3,(H,31,33)/b27-21+/t24-/m0/s1. The number of carbonyl (C=O) groups excluding carboxylic acids is 2. The van der Waals surface area contributed by atoms with Gasteiger partial charge in [0.25, 0.3) is 5.91 Å². The summed E-state index contributed by atoms with van der Waals surface area (Å²) in [7, 11) is 0. The van der Waals surface area contributed by atoms with Gasteiger partial charge in [-0.05, 0) is 73.4 Å². The van der Waals surface area contributed by atoms with Gasteiger partial charge in [0.1, 0.15) is 16.7 Å². The van der Waals surface area contributed by atoms with E-state index < -0.39 is 11.2 Å². The van der Waals surface area contributed by atoms with Gasteiger partial charge < -0.3 is 5.32 Å². The van der Waals surface area contributed by atoms with Gasteiger partial charge in [-0.3, -0.25) is 14.5 Å². The van der Waals surface area contributed by atoms with Crippen LogP contribution in [-0.4, -0.2) is 17.1 Å². The van der Waals surface area contributed by atoms with E-state index in [0.29, 0.717) is 27.8 Å². The lowest BCUT2D eigenvalue weighted by Gasteiger charge is -2.19. The number of amides is 2. The first-order chi connectivity index (χ1) is 16.8. The summed E-state index contributed by atoms with van der Waals surface area (Å²) in [6.07, 6.45) is 0.299. The summed E-state index contributed by atoms with van der Waals surface area (Å²) < 4.78 is 0. The second kappa shape index (κ2) is 10.6. The first-order valence-corrected chi connectivity index (χ1v) is 12.4. The van der Waals surface area contributed by atoms with Gasteiger partial charge in [0.05, 0.1) is 5.25 Å². The Kier molecular flexibility index (Phi) is 7.51. The number of anilines is 2. The lowest BCUT2D eigenvalue weighted by Crippen LogP contribution is -2.31. The number of nitrogens with one attached hydrogen (secondary N) is 1. The maximum Gasteiger partial charge on any atom is 0.269 e. The number of aryl methyl sites for hydroxylation is 2. The zero-order valence-electron chi connectivity index (χ0n) is 19.0. The van der Waals surface area contributed by atoms with E-state index in [1.807, 2.05) is 44.2 Å². The second-order valence-corrected chi connectivity index (χ2v) is 10.2. The third-order valence-electron chi connectivity index (χ3n) is 5.57. The molecule has 0 spiro atoms. The summed E-state index contributed by atoms with van der Waals surface area (Å²) in [5.74, 6) is -0.807. The van der Waals surface area contributed by atoms with Crippen molar-refractivity contribution >= 4 is 58.2 Å². The van der Waals surface area contributed by atoms with Crippen LogP contribution < -0.4 is 10.2 Å². The second-order valence-electron chi connectivity index (χ2n) is 8.12. The van der Waals surface area contributed by atoms with Crippen LogP contribution in [0.1, 0.15) is 16.7 Å². The molecule has 1 saturated heterocycles. The number of thioether (sulfide) groups is 1. The monoisotopic (exact) mass is 521 g/mol. The lowest BCUT2D eigenvalue weighted by atomic mass is 10.1. The maximum absolute atomic E-state index is 13.6. The minimum atomic E-state index is -0.585. The molecule has 0 aromatic heterocycles. The lowest BCUT2D eigenvalue weighted by molar-refractivity contribution is -0.117. The Balaban J connectivity index is 1.74. The van der Waals surface area contributed by atoms with E-state index in [4.69, 9.17) is 23.2 Å². The van der Waals surface area contributed by atoms with Crippen LogP contribution in [0.4, 0.5) is 11.4 Å². The van der Waals surface area contributed by atoms with Crippen molar-refractivity contribution in [1.82, 2.24) is 0 Å². The molecule has 35 heavy (non-hydrogen) atoms. The fourth-order valence-electron chi connectivity index (χ4n) is 3.75. The molecule has 1 aliphatic heterocycles. The van der Waals surface area contributed by atoms with Crippen molar-refractivity contribution in [3.8, 4) is 6.07 Å². The first-order valence-electron chi connectivity index (χ1n) is 10.8. The highest BCUT2D eigenvalue weighted by molar-refractivity contribution is 8.05. The molecule has 0 radical (unpaired) electrons. The number of hydrogen-bond donors (Lipinski definition) is 1. The van der Waals surface area contributed by atoms with E-state index in [0.717, 1.165) is 16.7 Å². The number of hydrogen-bond acceptors (Lipinski definition) is 4.